The van der Waals surface area contributed by atoms with E-state index in [1.807, 2.05) is 30.3 Å². The van der Waals surface area contributed by atoms with Crippen LogP contribution in [-0.2, 0) is 16.0 Å². The summed E-state index contributed by atoms with van der Waals surface area (Å²) in [6, 6.07) is 8.34. The van der Waals surface area contributed by atoms with Crippen LogP contribution in [0.5, 0.6) is 0 Å². The summed E-state index contributed by atoms with van der Waals surface area (Å²) < 4.78 is 0. The molecule has 0 fully saturated rings. The van der Waals surface area contributed by atoms with Gasteiger partial charge in [-0.3, -0.25) is 4.79 Å². The Bertz CT molecular complexity index is 392. The third-order valence-electron chi connectivity index (χ3n) is 2.54. The highest BCUT2D eigenvalue weighted by molar-refractivity contribution is 5.84. The van der Waals surface area contributed by atoms with Crippen LogP contribution in [0.25, 0.3) is 0 Å². The zero-order valence-corrected chi connectivity index (χ0v) is 10.1. The zero-order valence-electron chi connectivity index (χ0n) is 10.1. The molecular formula is C13H18N2O3. The standard InChI is InChI=1S/C13H18N2O3/c14-8-4-7-11(13(17)18)15-12(16)9-10-5-2-1-3-6-10/h1-3,5-6,11H,4,7-9,14H2,(H,15,16)(H,17,18)/t11-/m0/s1. The van der Waals surface area contributed by atoms with Crippen LogP contribution < -0.4 is 11.1 Å². The van der Waals surface area contributed by atoms with E-state index < -0.39 is 12.0 Å². The number of nitrogens with one attached hydrogen (secondary N) is 1. The Kier molecular flexibility index (Phi) is 5.87. The molecule has 98 valence electrons. The van der Waals surface area contributed by atoms with E-state index in [0.29, 0.717) is 19.4 Å². The van der Waals surface area contributed by atoms with Gasteiger partial charge in [-0.25, -0.2) is 4.79 Å². The number of rotatable bonds is 7. The van der Waals surface area contributed by atoms with Gasteiger partial charge in [-0.1, -0.05) is 30.3 Å². The summed E-state index contributed by atoms with van der Waals surface area (Å²) in [4.78, 5) is 22.6. The molecule has 5 nitrogen and oxygen atoms in total. The summed E-state index contributed by atoms with van der Waals surface area (Å²) in [5.74, 6) is -1.31. The van der Waals surface area contributed by atoms with Gasteiger partial charge in [0.25, 0.3) is 0 Å². The van der Waals surface area contributed by atoms with Crippen LogP contribution in [0.2, 0.25) is 0 Å². The van der Waals surface area contributed by atoms with Crippen LogP contribution in [-0.4, -0.2) is 29.6 Å². The lowest BCUT2D eigenvalue weighted by molar-refractivity contribution is -0.141. The van der Waals surface area contributed by atoms with Gasteiger partial charge in [0.2, 0.25) is 5.91 Å². The minimum Gasteiger partial charge on any atom is -0.480 e. The molecule has 0 unspecified atom stereocenters. The molecule has 0 bridgehead atoms. The van der Waals surface area contributed by atoms with E-state index in [9.17, 15) is 9.59 Å². The summed E-state index contributed by atoms with van der Waals surface area (Å²) in [6.07, 6.45) is 1.11. The number of hydrogen-bond acceptors (Lipinski definition) is 3. The molecule has 0 saturated heterocycles. The molecule has 1 atom stereocenters. The maximum atomic E-state index is 11.7. The molecular weight excluding hydrogens is 232 g/mol. The van der Waals surface area contributed by atoms with Crippen LogP contribution in [0.15, 0.2) is 30.3 Å². The van der Waals surface area contributed by atoms with Crippen molar-refractivity contribution in [3.8, 4) is 0 Å². The second kappa shape index (κ2) is 7.45. The lowest BCUT2D eigenvalue weighted by Crippen LogP contribution is -2.41. The highest BCUT2D eigenvalue weighted by atomic mass is 16.4. The number of aliphatic carboxylic acids is 1. The number of carbonyl (C=O) groups excluding carboxylic acids is 1. The normalized spacial score (nSPS) is 11.8. The van der Waals surface area contributed by atoms with Crippen LogP contribution in [0.3, 0.4) is 0 Å². The van der Waals surface area contributed by atoms with E-state index in [2.05, 4.69) is 5.32 Å². The first-order chi connectivity index (χ1) is 8.63. The van der Waals surface area contributed by atoms with E-state index in [1.165, 1.54) is 0 Å². The maximum Gasteiger partial charge on any atom is 0.326 e. The van der Waals surface area contributed by atoms with Gasteiger partial charge in [-0.15, -0.1) is 0 Å². The largest absolute Gasteiger partial charge is 0.480 e. The van der Waals surface area contributed by atoms with E-state index in [4.69, 9.17) is 10.8 Å². The minimum absolute atomic E-state index is 0.188. The number of carboxylic acid groups (broad SMARTS) is 1. The van der Waals surface area contributed by atoms with Gasteiger partial charge in [-0.2, -0.15) is 0 Å². The SMILES string of the molecule is NCCC[C@H](NC(=O)Cc1ccccc1)C(=O)O. The number of carbonyl (C=O) groups is 2. The van der Waals surface area contributed by atoms with Crippen molar-refractivity contribution in [2.45, 2.75) is 25.3 Å². The van der Waals surface area contributed by atoms with Crippen molar-refractivity contribution in [3.63, 3.8) is 0 Å². The van der Waals surface area contributed by atoms with Crippen LogP contribution in [0.1, 0.15) is 18.4 Å². The fourth-order valence-corrected chi connectivity index (χ4v) is 1.61. The van der Waals surface area contributed by atoms with Crippen LogP contribution in [0, 0.1) is 0 Å². The molecule has 1 aromatic rings. The van der Waals surface area contributed by atoms with Crippen molar-refractivity contribution in [1.82, 2.24) is 5.32 Å². The molecule has 4 N–H and O–H groups in total. The molecule has 0 radical (unpaired) electrons. The van der Waals surface area contributed by atoms with Crippen molar-refractivity contribution < 1.29 is 14.7 Å². The van der Waals surface area contributed by atoms with Crippen molar-refractivity contribution >= 4 is 11.9 Å². The number of carboxylic acids is 1. The molecule has 18 heavy (non-hydrogen) atoms. The summed E-state index contributed by atoms with van der Waals surface area (Å²) in [7, 11) is 0. The van der Waals surface area contributed by atoms with Crippen molar-refractivity contribution in [1.29, 1.82) is 0 Å². The predicted octanol–water partition coefficient (Wildman–Crippen LogP) is 0.537. The Morgan fingerprint density at radius 2 is 1.94 bits per heavy atom. The second-order valence-electron chi connectivity index (χ2n) is 4.05. The molecule has 0 aliphatic heterocycles. The summed E-state index contributed by atoms with van der Waals surface area (Å²) in [5, 5.41) is 11.5. The molecule has 1 rings (SSSR count). The molecule has 0 saturated carbocycles. The molecule has 5 heteroatoms. The Labute approximate surface area is 106 Å². The summed E-state index contributed by atoms with van der Waals surface area (Å²) >= 11 is 0. The molecule has 0 aliphatic carbocycles. The van der Waals surface area contributed by atoms with Gasteiger partial charge >= 0.3 is 5.97 Å². The third-order valence-corrected chi connectivity index (χ3v) is 2.54. The van der Waals surface area contributed by atoms with Gasteiger partial charge in [0, 0.05) is 0 Å². The number of benzene rings is 1. The van der Waals surface area contributed by atoms with E-state index in [0.717, 1.165) is 5.56 Å². The first-order valence-corrected chi connectivity index (χ1v) is 5.89. The topological polar surface area (TPSA) is 92.4 Å². The Morgan fingerprint density at radius 3 is 2.50 bits per heavy atom. The zero-order chi connectivity index (χ0) is 13.4. The highest BCUT2D eigenvalue weighted by Gasteiger charge is 2.18. The fourth-order valence-electron chi connectivity index (χ4n) is 1.61. The summed E-state index contributed by atoms with van der Waals surface area (Å²) in [5.41, 5.74) is 6.18. The quantitative estimate of drug-likeness (QED) is 0.658. The van der Waals surface area contributed by atoms with Crippen molar-refractivity contribution in [2.75, 3.05) is 6.54 Å². The molecule has 1 amide bonds. The molecule has 0 heterocycles. The smallest absolute Gasteiger partial charge is 0.326 e. The van der Waals surface area contributed by atoms with Gasteiger partial charge in [-0.05, 0) is 24.9 Å². The minimum atomic E-state index is -1.02. The monoisotopic (exact) mass is 250 g/mol. The third kappa shape index (κ3) is 4.97. The van der Waals surface area contributed by atoms with E-state index in [-0.39, 0.29) is 12.3 Å². The maximum absolute atomic E-state index is 11.7. The van der Waals surface area contributed by atoms with E-state index >= 15 is 0 Å². The predicted molar refractivity (Wildman–Crippen MR) is 68.0 cm³/mol. The molecule has 0 spiro atoms. The summed E-state index contributed by atoms with van der Waals surface area (Å²) in [6.45, 7) is 0.415. The average Bonchev–Trinajstić information content (AvgIpc) is 2.35. The Morgan fingerprint density at radius 1 is 1.28 bits per heavy atom. The van der Waals surface area contributed by atoms with Crippen molar-refractivity contribution in [3.05, 3.63) is 35.9 Å². The first kappa shape index (κ1) is 14.2. The Balaban J connectivity index is 2.48. The van der Waals surface area contributed by atoms with Gasteiger partial charge in [0.1, 0.15) is 6.04 Å². The first-order valence-electron chi connectivity index (χ1n) is 5.89. The van der Waals surface area contributed by atoms with Crippen molar-refractivity contribution in [2.24, 2.45) is 5.73 Å². The lowest BCUT2D eigenvalue weighted by Gasteiger charge is -2.13. The van der Waals surface area contributed by atoms with Gasteiger partial charge in [0.15, 0.2) is 0 Å². The van der Waals surface area contributed by atoms with E-state index in [1.54, 1.807) is 0 Å². The highest BCUT2D eigenvalue weighted by Crippen LogP contribution is 2.01. The number of hydrogen-bond donors (Lipinski definition) is 3. The second-order valence-corrected chi connectivity index (χ2v) is 4.05. The van der Waals surface area contributed by atoms with Crippen LogP contribution >= 0.6 is 0 Å². The average molecular weight is 250 g/mol. The van der Waals surface area contributed by atoms with Gasteiger partial charge < -0.3 is 16.2 Å². The Hall–Kier alpha value is -1.88. The molecule has 1 aromatic carbocycles. The van der Waals surface area contributed by atoms with Crippen LogP contribution in [0.4, 0.5) is 0 Å². The fraction of sp³-hybridized carbons (Fsp3) is 0.385. The number of nitrogens with two attached hydrogens (primary N) is 1. The lowest BCUT2D eigenvalue weighted by atomic mass is 10.1. The number of amides is 1. The van der Waals surface area contributed by atoms with Gasteiger partial charge in [0.05, 0.1) is 6.42 Å². The molecule has 0 aromatic heterocycles. The molecule has 0 aliphatic rings.